The Bertz CT molecular complexity index is 911. The number of amides is 3. The largest absolute Gasteiger partial charge is 0.443 e. The second-order valence-electron chi connectivity index (χ2n) is 8.06. The molecule has 7 heteroatoms. The molecule has 0 unspecified atom stereocenters. The van der Waals surface area contributed by atoms with E-state index >= 15 is 0 Å². The highest BCUT2D eigenvalue weighted by Crippen LogP contribution is 2.28. The minimum atomic E-state index is -0.685. The summed E-state index contributed by atoms with van der Waals surface area (Å²) >= 11 is 7.15. The summed E-state index contributed by atoms with van der Waals surface area (Å²) in [5, 5.41) is 2.99. The van der Waals surface area contributed by atoms with Gasteiger partial charge in [-0.15, -0.1) is 0 Å². The van der Waals surface area contributed by atoms with Crippen LogP contribution in [0, 0.1) is 0 Å². The van der Waals surface area contributed by atoms with Gasteiger partial charge in [-0.3, -0.25) is 0 Å². The topological polar surface area (TPSA) is 58.6 Å². The SMILES string of the molecule is CC(C)(C)OC(=O)N1C(=O)N[C@@H](Cc2ccccc2Br)[C@@H]1Cc1ccccc1Br. The third kappa shape index (κ3) is 5.39. The summed E-state index contributed by atoms with van der Waals surface area (Å²) in [5.74, 6) is 0. The van der Waals surface area contributed by atoms with Gasteiger partial charge in [-0.1, -0.05) is 68.3 Å². The lowest BCUT2D eigenvalue weighted by atomic mass is 9.95. The first-order valence-corrected chi connectivity index (χ1v) is 11.0. The Morgan fingerprint density at radius 1 is 1.00 bits per heavy atom. The number of rotatable bonds is 4. The molecule has 2 aromatic rings. The first-order valence-electron chi connectivity index (χ1n) is 9.45. The number of nitrogens with one attached hydrogen (secondary N) is 1. The number of urea groups is 1. The maximum Gasteiger partial charge on any atom is 0.418 e. The van der Waals surface area contributed by atoms with Crippen LogP contribution in [0.1, 0.15) is 31.9 Å². The molecule has 0 saturated carbocycles. The second kappa shape index (κ2) is 8.88. The average molecular weight is 524 g/mol. The molecule has 1 aliphatic heterocycles. The number of carbonyl (C=O) groups is 2. The van der Waals surface area contributed by atoms with Crippen LogP contribution in [0.2, 0.25) is 0 Å². The normalized spacial score (nSPS) is 19.2. The number of halogens is 2. The lowest BCUT2D eigenvalue weighted by Gasteiger charge is -2.28. The van der Waals surface area contributed by atoms with Crippen molar-refractivity contribution in [1.82, 2.24) is 10.2 Å². The second-order valence-corrected chi connectivity index (χ2v) is 9.77. The average Bonchev–Trinajstić information content (AvgIpc) is 2.92. The molecule has 0 aromatic heterocycles. The number of nitrogens with zero attached hydrogens (tertiary/aromatic N) is 1. The van der Waals surface area contributed by atoms with Crippen molar-refractivity contribution in [3.05, 3.63) is 68.6 Å². The molecule has 2 aromatic carbocycles. The van der Waals surface area contributed by atoms with E-state index in [9.17, 15) is 9.59 Å². The summed E-state index contributed by atoms with van der Waals surface area (Å²) < 4.78 is 7.44. The van der Waals surface area contributed by atoms with E-state index in [0.29, 0.717) is 12.8 Å². The fourth-order valence-corrected chi connectivity index (χ4v) is 4.29. The van der Waals surface area contributed by atoms with Crippen molar-refractivity contribution < 1.29 is 14.3 Å². The van der Waals surface area contributed by atoms with E-state index < -0.39 is 17.7 Å². The molecular weight excluding hydrogens is 500 g/mol. The minimum absolute atomic E-state index is 0.235. The number of ether oxygens (including phenoxy) is 1. The summed E-state index contributed by atoms with van der Waals surface area (Å²) in [6.45, 7) is 5.38. The van der Waals surface area contributed by atoms with Crippen molar-refractivity contribution >= 4 is 44.0 Å². The van der Waals surface area contributed by atoms with Gasteiger partial charge in [0.2, 0.25) is 0 Å². The molecule has 1 fully saturated rings. The van der Waals surface area contributed by atoms with E-state index in [0.717, 1.165) is 20.1 Å². The molecule has 1 saturated heterocycles. The summed E-state index contributed by atoms with van der Waals surface area (Å²) in [7, 11) is 0. The number of benzene rings is 2. The van der Waals surface area contributed by atoms with Gasteiger partial charge >= 0.3 is 12.1 Å². The number of hydrogen-bond acceptors (Lipinski definition) is 3. The van der Waals surface area contributed by atoms with Gasteiger partial charge in [-0.2, -0.15) is 0 Å². The highest BCUT2D eigenvalue weighted by Gasteiger charge is 2.45. The molecule has 1 N–H and O–H groups in total. The number of carbonyl (C=O) groups excluding carboxylic acids is 2. The molecule has 1 heterocycles. The predicted molar refractivity (Wildman–Crippen MR) is 120 cm³/mol. The lowest BCUT2D eigenvalue weighted by molar-refractivity contribution is 0.0288. The third-order valence-corrected chi connectivity index (χ3v) is 6.25. The quantitative estimate of drug-likeness (QED) is 0.559. The summed E-state index contributed by atoms with van der Waals surface area (Å²) in [6, 6.07) is 14.7. The van der Waals surface area contributed by atoms with Crippen LogP contribution in [-0.4, -0.2) is 34.7 Å². The Labute approximate surface area is 188 Å². The van der Waals surface area contributed by atoms with E-state index in [1.165, 1.54) is 4.90 Å². The van der Waals surface area contributed by atoms with Crippen LogP contribution in [0.4, 0.5) is 9.59 Å². The molecule has 0 bridgehead atoms. The molecular formula is C22H24Br2N2O3. The van der Waals surface area contributed by atoms with Gasteiger partial charge in [-0.25, -0.2) is 14.5 Å². The zero-order valence-electron chi connectivity index (χ0n) is 16.6. The van der Waals surface area contributed by atoms with Crippen LogP contribution in [-0.2, 0) is 17.6 Å². The Balaban J connectivity index is 1.92. The van der Waals surface area contributed by atoms with Crippen molar-refractivity contribution in [2.75, 3.05) is 0 Å². The van der Waals surface area contributed by atoms with Crippen LogP contribution < -0.4 is 5.32 Å². The monoisotopic (exact) mass is 522 g/mol. The summed E-state index contributed by atoms with van der Waals surface area (Å²) in [5.41, 5.74) is 1.41. The zero-order chi connectivity index (χ0) is 21.2. The highest BCUT2D eigenvalue weighted by atomic mass is 79.9. The van der Waals surface area contributed by atoms with Crippen molar-refractivity contribution in [3.63, 3.8) is 0 Å². The molecule has 0 spiro atoms. The number of hydrogen-bond donors (Lipinski definition) is 1. The predicted octanol–water partition coefficient (Wildman–Crippen LogP) is 5.69. The van der Waals surface area contributed by atoms with E-state index in [-0.39, 0.29) is 12.1 Å². The van der Waals surface area contributed by atoms with E-state index in [2.05, 4.69) is 37.2 Å². The maximum absolute atomic E-state index is 12.8. The Morgan fingerprint density at radius 2 is 1.52 bits per heavy atom. The van der Waals surface area contributed by atoms with Crippen LogP contribution in [0.25, 0.3) is 0 Å². The van der Waals surface area contributed by atoms with E-state index in [4.69, 9.17) is 4.74 Å². The van der Waals surface area contributed by atoms with E-state index in [1.54, 1.807) is 20.8 Å². The molecule has 3 rings (SSSR count). The first-order chi connectivity index (χ1) is 13.7. The lowest BCUT2D eigenvalue weighted by Crippen LogP contribution is -2.45. The third-order valence-electron chi connectivity index (χ3n) is 4.70. The number of imide groups is 1. The molecule has 0 aliphatic carbocycles. The van der Waals surface area contributed by atoms with Gasteiger partial charge in [0.25, 0.3) is 0 Å². The zero-order valence-corrected chi connectivity index (χ0v) is 19.8. The Hall–Kier alpha value is -1.86. The van der Waals surface area contributed by atoms with E-state index in [1.807, 2.05) is 48.5 Å². The van der Waals surface area contributed by atoms with Crippen LogP contribution in [0.5, 0.6) is 0 Å². The molecule has 2 atom stereocenters. The fourth-order valence-electron chi connectivity index (χ4n) is 3.40. The molecule has 29 heavy (non-hydrogen) atoms. The van der Waals surface area contributed by atoms with Crippen LogP contribution in [0.3, 0.4) is 0 Å². The molecule has 3 amide bonds. The van der Waals surface area contributed by atoms with Gasteiger partial charge < -0.3 is 10.1 Å². The molecule has 5 nitrogen and oxygen atoms in total. The summed E-state index contributed by atoms with van der Waals surface area (Å²) in [6.07, 6.45) is 0.498. The van der Waals surface area contributed by atoms with Crippen molar-refractivity contribution in [2.24, 2.45) is 0 Å². The smallest absolute Gasteiger partial charge is 0.418 e. The van der Waals surface area contributed by atoms with Crippen LogP contribution in [0.15, 0.2) is 57.5 Å². The Morgan fingerprint density at radius 3 is 2.03 bits per heavy atom. The molecule has 0 radical (unpaired) electrons. The first kappa shape index (κ1) is 21.8. The van der Waals surface area contributed by atoms with Crippen molar-refractivity contribution in [1.29, 1.82) is 0 Å². The van der Waals surface area contributed by atoms with Crippen LogP contribution >= 0.6 is 31.9 Å². The van der Waals surface area contributed by atoms with Gasteiger partial charge in [0, 0.05) is 8.95 Å². The van der Waals surface area contributed by atoms with Crippen molar-refractivity contribution in [3.8, 4) is 0 Å². The standard InChI is InChI=1S/C22H24Br2N2O3/c1-22(2,3)29-21(28)26-19(13-15-9-5-7-11-17(15)24)18(25-20(26)27)12-14-8-4-6-10-16(14)23/h4-11,18-19H,12-13H2,1-3H3,(H,25,27)/t18-,19-/m0/s1. The van der Waals surface area contributed by atoms with Gasteiger partial charge in [0.05, 0.1) is 12.1 Å². The van der Waals surface area contributed by atoms with Gasteiger partial charge in [-0.05, 0) is 56.9 Å². The molecule has 154 valence electrons. The van der Waals surface area contributed by atoms with Crippen molar-refractivity contribution in [2.45, 2.75) is 51.3 Å². The van der Waals surface area contributed by atoms with Gasteiger partial charge in [0.15, 0.2) is 0 Å². The highest BCUT2D eigenvalue weighted by molar-refractivity contribution is 9.10. The molecule has 1 aliphatic rings. The maximum atomic E-state index is 12.8. The van der Waals surface area contributed by atoms with Gasteiger partial charge in [0.1, 0.15) is 5.60 Å². The minimum Gasteiger partial charge on any atom is -0.443 e. The summed E-state index contributed by atoms with van der Waals surface area (Å²) in [4.78, 5) is 26.8. The Kier molecular flexibility index (Phi) is 6.69. The fraction of sp³-hybridized carbons (Fsp3) is 0.364.